The number of rotatable bonds is 4. The average molecular weight is 470 g/mol. The fourth-order valence-corrected chi connectivity index (χ4v) is 6.39. The van der Waals surface area contributed by atoms with Gasteiger partial charge < -0.3 is 14.7 Å². The number of hydrogen-bond donors (Lipinski definition) is 1. The van der Waals surface area contributed by atoms with E-state index in [4.69, 9.17) is 21.3 Å². The third-order valence-electron chi connectivity index (χ3n) is 8.47. The van der Waals surface area contributed by atoms with Crippen molar-refractivity contribution in [2.45, 2.75) is 43.4 Å². The van der Waals surface area contributed by atoms with Crippen molar-refractivity contribution in [3.05, 3.63) is 29.7 Å². The Bertz CT molecular complexity index is 1220. The van der Waals surface area contributed by atoms with Gasteiger partial charge in [-0.05, 0) is 38.2 Å². The van der Waals surface area contributed by atoms with Gasteiger partial charge in [-0.15, -0.1) is 0 Å². The Labute approximate surface area is 196 Å². The summed E-state index contributed by atoms with van der Waals surface area (Å²) in [6, 6.07) is 1.95. The molecule has 5 aliphatic rings. The van der Waals surface area contributed by atoms with Crippen LogP contribution in [0.25, 0.3) is 16.7 Å². The molecular formula is C23H28ClN7O2. The number of pyridine rings is 1. The summed E-state index contributed by atoms with van der Waals surface area (Å²) in [4.78, 5) is 9.53. The van der Waals surface area contributed by atoms with E-state index in [1.54, 1.807) is 0 Å². The van der Waals surface area contributed by atoms with Gasteiger partial charge in [0.25, 0.3) is 0 Å². The number of aliphatic hydroxyl groups is 1. The first-order valence-corrected chi connectivity index (χ1v) is 12.2. The highest BCUT2D eigenvalue weighted by Crippen LogP contribution is 2.62. The van der Waals surface area contributed by atoms with Crippen LogP contribution in [0.5, 0.6) is 0 Å². The first-order chi connectivity index (χ1) is 16.0. The molecule has 10 heteroatoms. The molecule has 3 saturated carbocycles. The number of fused-ring (bicyclic) bond motifs is 1. The molecule has 9 nitrogen and oxygen atoms in total. The van der Waals surface area contributed by atoms with Crippen molar-refractivity contribution in [1.29, 1.82) is 0 Å². The van der Waals surface area contributed by atoms with Crippen LogP contribution in [0.15, 0.2) is 24.7 Å². The van der Waals surface area contributed by atoms with Crippen molar-refractivity contribution in [3.63, 3.8) is 0 Å². The number of aliphatic hydroxyl groups excluding tert-OH is 1. The van der Waals surface area contributed by atoms with E-state index in [9.17, 15) is 5.11 Å². The first kappa shape index (κ1) is 20.2. The third-order valence-corrected chi connectivity index (χ3v) is 8.75. The van der Waals surface area contributed by atoms with E-state index in [2.05, 4.69) is 37.8 Å². The second-order valence-electron chi connectivity index (χ2n) is 10.5. The van der Waals surface area contributed by atoms with E-state index in [0.717, 1.165) is 54.6 Å². The van der Waals surface area contributed by atoms with Crippen LogP contribution < -0.4 is 4.90 Å². The van der Waals surface area contributed by atoms with Gasteiger partial charge in [-0.1, -0.05) is 11.6 Å². The number of nitrogens with zero attached hydrogens (tertiary/aromatic N) is 7. The molecule has 8 rings (SSSR count). The van der Waals surface area contributed by atoms with Gasteiger partial charge >= 0.3 is 0 Å². The molecule has 174 valence electrons. The monoisotopic (exact) mass is 469 g/mol. The largest absolute Gasteiger partial charge is 0.389 e. The van der Waals surface area contributed by atoms with Crippen LogP contribution in [-0.4, -0.2) is 85.6 Å². The van der Waals surface area contributed by atoms with Crippen molar-refractivity contribution in [2.75, 3.05) is 44.3 Å². The molecule has 3 aliphatic carbocycles. The number of ether oxygens (including phenoxy) is 1. The lowest BCUT2D eigenvalue weighted by atomic mass is 9.50. The molecule has 0 amide bonds. The van der Waals surface area contributed by atoms with Crippen molar-refractivity contribution < 1.29 is 9.84 Å². The predicted molar refractivity (Wildman–Crippen MR) is 124 cm³/mol. The molecule has 1 N–H and O–H groups in total. The zero-order valence-corrected chi connectivity index (χ0v) is 19.4. The highest BCUT2D eigenvalue weighted by molar-refractivity contribution is 6.33. The summed E-state index contributed by atoms with van der Waals surface area (Å²) in [6.07, 6.45) is 9.10. The number of piperazine rings is 1. The minimum Gasteiger partial charge on any atom is -0.389 e. The minimum atomic E-state index is -0.456. The van der Waals surface area contributed by atoms with Gasteiger partial charge in [-0.3, -0.25) is 9.58 Å². The van der Waals surface area contributed by atoms with Crippen LogP contribution in [0.4, 0.5) is 5.82 Å². The minimum absolute atomic E-state index is 0.252. The Hall–Kier alpha value is -2.20. The molecular weight excluding hydrogens is 442 g/mol. The lowest BCUT2D eigenvalue weighted by Gasteiger charge is -2.61. The number of hydrogen-bond acceptors (Lipinski definition) is 7. The number of anilines is 1. The van der Waals surface area contributed by atoms with Crippen LogP contribution in [0.3, 0.4) is 0 Å². The van der Waals surface area contributed by atoms with Gasteiger partial charge in [-0.2, -0.15) is 10.2 Å². The summed E-state index contributed by atoms with van der Waals surface area (Å²) in [7, 11) is 0. The summed E-state index contributed by atoms with van der Waals surface area (Å²) in [5, 5.41) is 21.2. The molecule has 2 atom stereocenters. The van der Waals surface area contributed by atoms with E-state index in [-0.39, 0.29) is 11.1 Å². The van der Waals surface area contributed by atoms with Gasteiger partial charge in [0, 0.05) is 31.6 Å². The number of halogens is 1. The Morgan fingerprint density at radius 1 is 1.12 bits per heavy atom. The standard InChI is InChI=1S/C23H28ClN7O2/c1-22(14-33-13-19(22)32)29-4-2-28(3-5-29)21-18(24)6-16-10-26-31(20(16)27-21)17-11-25-30(12-17)23-7-15(8-23)9-23/h6,10-12,15,19,32H,2-5,7-9,13-14H2,1H3/t15?,19-,22+,23?/m0/s1. The van der Waals surface area contributed by atoms with Gasteiger partial charge in [0.05, 0.1) is 54.0 Å². The van der Waals surface area contributed by atoms with Gasteiger partial charge in [0.15, 0.2) is 5.65 Å². The second-order valence-corrected chi connectivity index (χ2v) is 10.9. The average Bonchev–Trinajstić information content (AvgIpc) is 3.45. The lowest BCUT2D eigenvalue weighted by Crippen LogP contribution is -2.60. The summed E-state index contributed by atoms with van der Waals surface area (Å²) in [6.45, 7) is 6.27. The van der Waals surface area contributed by atoms with E-state index in [1.807, 2.05) is 23.1 Å². The van der Waals surface area contributed by atoms with Crippen LogP contribution in [0, 0.1) is 5.92 Å². The summed E-state index contributed by atoms with van der Waals surface area (Å²) in [5.74, 6) is 1.69. The van der Waals surface area contributed by atoms with Crippen LogP contribution in [-0.2, 0) is 10.3 Å². The Balaban J connectivity index is 1.16. The van der Waals surface area contributed by atoms with E-state index in [0.29, 0.717) is 18.2 Å². The number of aromatic nitrogens is 5. The van der Waals surface area contributed by atoms with E-state index in [1.165, 1.54) is 19.3 Å². The SMILES string of the molecule is C[C@@]1(N2CCN(c3nc4c(cnn4-c4cnn(C56CC(C5)C6)c4)cc3Cl)CC2)COC[C@@H]1O. The lowest BCUT2D eigenvalue weighted by molar-refractivity contribution is -0.0977. The molecule has 5 fully saturated rings. The molecule has 0 unspecified atom stereocenters. The molecule has 33 heavy (non-hydrogen) atoms. The Morgan fingerprint density at radius 3 is 2.58 bits per heavy atom. The maximum atomic E-state index is 10.4. The maximum absolute atomic E-state index is 10.4. The van der Waals surface area contributed by atoms with E-state index >= 15 is 0 Å². The summed E-state index contributed by atoms with van der Waals surface area (Å²) < 4.78 is 9.53. The molecule has 2 aliphatic heterocycles. The van der Waals surface area contributed by atoms with Gasteiger partial charge in [-0.25, -0.2) is 9.67 Å². The fourth-order valence-electron chi connectivity index (χ4n) is 6.11. The molecule has 5 heterocycles. The first-order valence-electron chi connectivity index (χ1n) is 11.8. The van der Waals surface area contributed by atoms with Crippen molar-refractivity contribution in [1.82, 2.24) is 29.4 Å². The normalized spacial score (nSPS) is 34.0. The third kappa shape index (κ3) is 2.86. The topological polar surface area (TPSA) is 84.5 Å². The quantitative estimate of drug-likeness (QED) is 0.626. The fraction of sp³-hybridized carbons (Fsp3) is 0.609. The predicted octanol–water partition coefficient (Wildman–Crippen LogP) is 2.05. The highest BCUT2D eigenvalue weighted by atomic mass is 35.5. The smallest absolute Gasteiger partial charge is 0.165 e. The highest BCUT2D eigenvalue weighted by Gasteiger charge is 2.58. The molecule has 0 spiro atoms. The molecule has 2 saturated heterocycles. The molecule has 3 aromatic rings. The maximum Gasteiger partial charge on any atom is 0.165 e. The van der Waals surface area contributed by atoms with Gasteiger partial charge in [0.1, 0.15) is 11.5 Å². The summed E-state index contributed by atoms with van der Waals surface area (Å²) >= 11 is 6.67. The van der Waals surface area contributed by atoms with Crippen LogP contribution in [0.2, 0.25) is 5.02 Å². The van der Waals surface area contributed by atoms with E-state index < -0.39 is 6.10 Å². The van der Waals surface area contributed by atoms with Crippen LogP contribution in [0.1, 0.15) is 26.2 Å². The zero-order valence-electron chi connectivity index (χ0n) is 18.7. The Morgan fingerprint density at radius 2 is 1.91 bits per heavy atom. The Kier molecular flexibility index (Phi) is 4.23. The molecule has 2 bridgehead atoms. The molecule has 0 aromatic carbocycles. The summed E-state index contributed by atoms with van der Waals surface area (Å²) in [5.41, 5.74) is 1.65. The van der Waals surface area contributed by atoms with Crippen molar-refractivity contribution in [3.8, 4) is 5.69 Å². The van der Waals surface area contributed by atoms with Crippen molar-refractivity contribution >= 4 is 28.5 Å². The zero-order chi connectivity index (χ0) is 22.4. The van der Waals surface area contributed by atoms with Gasteiger partial charge in [0.2, 0.25) is 0 Å². The van der Waals surface area contributed by atoms with Crippen molar-refractivity contribution in [2.24, 2.45) is 5.92 Å². The van der Waals surface area contributed by atoms with Crippen LogP contribution >= 0.6 is 11.6 Å². The molecule has 3 aromatic heterocycles. The molecule has 0 radical (unpaired) electrons. The second kappa shape index (κ2) is 6.91.